The van der Waals surface area contributed by atoms with E-state index in [4.69, 9.17) is 5.73 Å². The lowest BCUT2D eigenvalue weighted by molar-refractivity contribution is 0.577. The Morgan fingerprint density at radius 1 is 1.38 bits per heavy atom. The van der Waals surface area contributed by atoms with Crippen LogP contribution in [-0.2, 0) is 5.54 Å². The fraction of sp³-hybridized carbons (Fsp3) is 0.400. The Balaban J connectivity index is 0.000000845. The molecule has 0 amide bonds. The Bertz CT molecular complexity index is 321. The summed E-state index contributed by atoms with van der Waals surface area (Å²) in [5.74, 6) is -0.157. The van der Waals surface area contributed by atoms with Gasteiger partial charge in [0.1, 0.15) is 5.82 Å². The van der Waals surface area contributed by atoms with Gasteiger partial charge in [-0.2, -0.15) is 0 Å². The molecule has 1 aromatic carbocycles. The number of rotatable bonds is 1. The molecule has 0 aromatic heterocycles. The highest BCUT2D eigenvalue weighted by Crippen LogP contribution is 2.43. The molecule has 3 heteroatoms. The summed E-state index contributed by atoms with van der Waals surface area (Å²) in [4.78, 5) is 0. The van der Waals surface area contributed by atoms with Crippen molar-refractivity contribution in [3.63, 3.8) is 0 Å². The minimum absolute atomic E-state index is 0. The van der Waals surface area contributed by atoms with E-state index in [2.05, 4.69) is 0 Å². The van der Waals surface area contributed by atoms with Crippen LogP contribution in [0.15, 0.2) is 18.2 Å². The van der Waals surface area contributed by atoms with Gasteiger partial charge in [-0.25, -0.2) is 4.39 Å². The first-order valence-electron chi connectivity index (χ1n) is 4.17. The van der Waals surface area contributed by atoms with E-state index in [1.807, 2.05) is 13.0 Å². The van der Waals surface area contributed by atoms with Crippen molar-refractivity contribution in [1.29, 1.82) is 0 Å². The standard InChI is InChI=1S/C10H12FN.ClH/c1-7-2-3-8(9(11)6-7)10(12)4-5-10;/h2-3,6H,4-5,12H2,1H3;1H. The third kappa shape index (κ3) is 1.84. The van der Waals surface area contributed by atoms with E-state index >= 15 is 0 Å². The smallest absolute Gasteiger partial charge is 0.128 e. The van der Waals surface area contributed by atoms with Crippen LogP contribution in [0.4, 0.5) is 4.39 Å². The van der Waals surface area contributed by atoms with Gasteiger partial charge in [0, 0.05) is 11.1 Å². The molecule has 0 bridgehead atoms. The second-order valence-corrected chi connectivity index (χ2v) is 3.64. The topological polar surface area (TPSA) is 26.0 Å². The SMILES string of the molecule is Cc1ccc(C2(N)CC2)c(F)c1.Cl. The van der Waals surface area contributed by atoms with Crippen molar-refractivity contribution in [2.45, 2.75) is 25.3 Å². The van der Waals surface area contributed by atoms with Crippen LogP contribution in [0, 0.1) is 12.7 Å². The van der Waals surface area contributed by atoms with Gasteiger partial charge >= 0.3 is 0 Å². The highest BCUT2D eigenvalue weighted by Gasteiger charge is 2.41. The maximum Gasteiger partial charge on any atom is 0.128 e. The van der Waals surface area contributed by atoms with Gasteiger partial charge in [0.05, 0.1) is 0 Å². The lowest BCUT2D eigenvalue weighted by Gasteiger charge is -2.10. The molecule has 1 nitrogen and oxygen atoms in total. The molecular formula is C10H13ClFN. The zero-order valence-electron chi connectivity index (χ0n) is 7.51. The van der Waals surface area contributed by atoms with Gasteiger partial charge in [0.25, 0.3) is 0 Å². The number of halogens is 2. The summed E-state index contributed by atoms with van der Waals surface area (Å²) in [5.41, 5.74) is 7.15. The number of hydrogen-bond donors (Lipinski definition) is 1. The number of aryl methyl sites for hydroxylation is 1. The molecule has 1 fully saturated rings. The third-order valence-corrected chi connectivity index (χ3v) is 2.45. The first-order chi connectivity index (χ1) is 5.62. The van der Waals surface area contributed by atoms with Gasteiger partial charge in [0.15, 0.2) is 0 Å². The average molecular weight is 202 g/mol. The van der Waals surface area contributed by atoms with Crippen LogP contribution in [0.5, 0.6) is 0 Å². The summed E-state index contributed by atoms with van der Waals surface area (Å²) in [6.45, 7) is 1.88. The normalized spacial score (nSPS) is 17.8. The zero-order chi connectivity index (χ0) is 8.77. The Hall–Kier alpha value is -0.600. The Morgan fingerprint density at radius 3 is 2.46 bits per heavy atom. The molecule has 13 heavy (non-hydrogen) atoms. The van der Waals surface area contributed by atoms with Crippen LogP contribution in [0.2, 0.25) is 0 Å². The summed E-state index contributed by atoms with van der Waals surface area (Å²) in [7, 11) is 0. The molecule has 2 N–H and O–H groups in total. The van der Waals surface area contributed by atoms with Crippen LogP contribution in [0.1, 0.15) is 24.0 Å². The number of hydrogen-bond acceptors (Lipinski definition) is 1. The van der Waals surface area contributed by atoms with Crippen LogP contribution in [0.3, 0.4) is 0 Å². The molecule has 0 atom stereocenters. The summed E-state index contributed by atoms with van der Waals surface area (Å²) in [5, 5.41) is 0. The van der Waals surface area contributed by atoms with Crippen LogP contribution < -0.4 is 5.73 Å². The van der Waals surface area contributed by atoms with Gasteiger partial charge in [-0.1, -0.05) is 12.1 Å². The number of benzene rings is 1. The molecule has 1 aromatic rings. The first-order valence-corrected chi connectivity index (χ1v) is 4.17. The van der Waals surface area contributed by atoms with Crippen molar-refractivity contribution >= 4 is 12.4 Å². The molecule has 1 saturated carbocycles. The zero-order valence-corrected chi connectivity index (χ0v) is 8.33. The van der Waals surface area contributed by atoms with Crippen molar-refractivity contribution in [2.75, 3.05) is 0 Å². The van der Waals surface area contributed by atoms with Crippen molar-refractivity contribution in [2.24, 2.45) is 5.73 Å². The monoisotopic (exact) mass is 201 g/mol. The minimum Gasteiger partial charge on any atom is -0.321 e. The Kier molecular flexibility index (Phi) is 2.64. The van der Waals surface area contributed by atoms with E-state index in [-0.39, 0.29) is 23.8 Å². The molecular weight excluding hydrogens is 189 g/mol. The predicted molar refractivity (Wildman–Crippen MR) is 53.5 cm³/mol. The third-order valence-electron chi connectivity index (χ3n) is 2.45. The van der Waals surface area contributed by atoms with Crippen molar-refractivity contribution in [1.82, 2.24) is 0 Å². The summed E-state index contributed by atoms with van der Waals surface area (Å²) >= 11 is 0. The molecule has 0 aliphatic heterocycles. The van der Waals surface area contributed by atoms with Crippen molar-refractivity contribution in [3.05, 3.63) is 35.1 Å². The molecule has 0 radical (unpaired) electrons. The minimum atomic E-state index is -0.349. The fourth-order valence-electron chi connectivity index (χ4n) is 1.43. The number of nitrogens with two attached hydrogens (primary N) is 1. The Morgan fingerprint density at radius 2 is 2.00 bits per heavy atom. The van der Waals surface area contributed by atoms with Gasteiger partial charge < -0.3 is 5.73 Å². The van der Waals surface area contributed by atoms with Gasteiger partial charge in [-0.3, -0.25) is 0 Å². The Labute approximate surface area is 83.5 Å². The van der Waals surface area contributed by atoms with Crippen molar-refractivity contribution in [3.8, 4) is 0 Å². The van der Waals surface area contributed by atoms with E-state index in [1.54, 1.807) is 12.1 Å². The lowest BCUT2D eigenvalue weighted by atomic mass is 10.0. The maximum atomic E-state index is 13.3. The summed E-state index contributed by atoms with van der Waals surface area (Å²) < 4.78 is 13.3. The first kappa shape index (κ1) is 10.5. The van der Waals surface area contributed by atoms with Crippen LogP contribution >= 0.6 is 12.4 Å². The maximum absolute atomic E-state index is 13.3. The van der Waals surface area contributed by atoms with Crippen LogP contribution in [0.25, 0.3) is 0 Å². The lowest BCUT2D eigenvalue weighted by Crippen LogP contribution is -2.20. The van der Waals surface area contributed by atoms with E-state index in [9.17, 15) is 4.39 Å². The van der Waals surface area contributed by atoms with Crippen LogP contribution in [-0.4, -0.2) is 0 Å². The average Bonchev–Trinajstić information content (AvgIpc) is 2.68. The largest absolute Gasteiger partial charge is 0.321 e. The second kappa shape index (κ2) is 3.28. The van der Waals surface area contributed by atoms with E-state index in [1.165, 1.54) is 0 Å². The highest BCUT2D eigenvalue weighted by molar-refractivity contribution is 5.85. The molecule has 0 unspecified atom stereocenters. The molecule has 0 spiro atoms. The molecule has 2 rings (SSSR count). The second-order valence-electron chi connectivity index (χ2n) is 3.64. The molecule has 0 heterocycles. The summed E-state index contributed by atoms with van der Waals surface area (Å²) in [6, 6.07) is 5.26. The molecule has 1 aliphatic carbocycles. The summed E-state index contributed by atoms with van der Waals surface area (Å²) in [6.07, 6.45) is 1.82. The van der Waals surface area contributed by atoms with Gasteiger partial charge in [-0.15, -0.1) is 12.4 Å². The molecule has 1 aliphatic rings. The van der Waals surface area contributed by atoms with Gasteiger partial charge in [0.2, 0.25) is 0 Å². The quantitative estimate of drug-likeness (QED) is 0.743. The molecule has 0 saturated heterocycles. The van der Waals surface area contributed by atoms with E-state index in [0.717, 1.165) is 18.4 Å². The van der Waals surface area contributed by atoms with E-state index < -0.39 is 0 Å². The highest BCUT2D eigenvalue weighted by atomic mass is 35.5. The fourth-order valence-corrected chi connectivity index (χ4v) is 1.43. The predicted octanol–water partition coefficient (Wildman–Crippen LogP) is 2.50. The van der Waals surface area contributed by atoms with E-state index in [0.29, 0.717) is 5.56 Å². The van der Waals surface area contributed by atoms with Gasteiger partial charge in [-0.05, 0) is 31.4 Å². The van der Waals surface area contributed by atoms with Crippen molar-refractivity contribution < 1.29 is 4.39 Å². The molecule has 72 valence electrons.